The fourth-order valence-corrected chi connectivity index (χ4v) is 4.66. The first-order valence-corrected chi connectivity index (χ1v) is 11.1. The second kappa shape index (κ2) is 8.52. The number of carbonyl (C=O) groups is 1. The Balaban J connectivity index is 1.26. The van der Waals surface area contributed by atoms with Gasteiger partial charge in [-0.2, -0.15) is 0 Å². The number of hydrogen-bond acceptors (Lipinski definition) is 4. The Labute approximate surface area is 188 Å². The molecule has 0 saturated carbocycles. The second-order valence-corrected chi connectivity index (χ2v) is 8.63. The summed E-state index contributed by atoms with van der Waals surface area (Å²) in [6.45, 7) is 5.04. The summed E-state index contributed by atoms with van der Waals surface area (Å²) in [6, 6.07) is 22.8. The normalized spacial score (nSPS) is 17.2. The molecule has 5 heteroatoms. The number of nitrogens with one attached hydrogen (secondary N) is 2. The van der Waals surface area contributed by atoms with Crippen molar-refractivity contribution in [3.63, 3.8) is 0 Å². The van der Waals surface area contributed by atoms with Gasteiger partial charge in [-0.1, -0.05) is 36.4 Å². The van der Waals surface area contributed by atoms with Crippen LogP contribution in [0.25, 0.3) is 5.57 Å². The largest absolute Gasteiger partial charge is 0.399 e. The van der Waals surface area contributed by atoms with Crippen LogP contribution in [0.5, 0.6) is 0 Å². The van der Waals surface area contributed by atoms with Crippen LogP contribution in [0.2, 0.25) is 0 Å². The molecule has 0 fully saturated rings. The number of hydrogen-bond donors (Lipinski definition) is 3. The SMILES string of the molecule is CC(Nc1ccc(CN2CCc3ccccc3CC2)cc1)=C1C(=O)Nc2ccc(N)cc21. The monoisotopic (exact) mass is 424 g/mol. The third-order valence-corrected chi connectivity index (χ3v) is 6.37. The van der Waals surface area contributed by atoms with Crippen LogP contribution >= 0.6 is 0 Å². The van der Waals surface area contributed by atoms with Crippen LogP contribution in [0.1, 0.15) is 29.2 Å². The van der Waals surface area contributed by atoms with Crippen LogP contribution in [-0.2, 0) is 24.2 Å². The smallest absolute Gasteiger partial charge is 0.258 e. The lowest BCUT2D eigenvalue weighted by atomic mass is 10.0. The fourth-order valence-electron chi connectivity index (χ4n) is 4.66. The summed E-state index contributed by atoms with van der Waals surface area (Å²) in [6.07, 6.45) is 2.22. The maximum atomic E-state index is 12.5. The molecule has 3 aromatic carbocycles. The average molecular weight is 425 g/mol. The number of benzene rings is 3. The van der Waals surface area contributed by atoms with Gasteiger partial charge in [0.2, 0.25) is 0 Å². The zero-order valence-electron chi connectivity index (χ0n) is 18.3. The highest BCUT2D eigenvalue weighted by Gasteiger charge is 2.26. The van der Waals surface area contributed by atoms with Gasteiger partial charge in [-0.3, -0.25) is 9.69 Å². The van der Waals surface area contributed by atoms with Crippen molar-refractivity contribution in [3.8, 4) is 0 Å². The maximum Gasteiger partial charge on any atom is 0.258 e. The van der Waals surface area contributed by atoms with Gasteiger partial charge in [-0.05, 0) is 66.8 Å². The van der Waals surface area contributed by atoms with E-state index in [2.05, 4.69) is 64.1 Å². The van der Waals surface area contributed by atoms with Crippen LogP contribution < -0.4 is 16.4 Å². The zero-order valence-corrected chi connectivity index (χ0v) is 18.3. The van der Waals surface area contributed by atoms with Gasteiger partial charge in [0.05, 0.1) is 5.57 Å². The number of amides is 1. The van der Waals surface area contributed by atoms with E-state index in [0.29, 0.717) is 11.3 Å². The molecule has 0 aliphatic carbocycles. The topological polar surface area (TPSA) is 70.4 Å². The molecule has 0 aromatic heterocycles. The molecule has 1 amide bonds. The quantitative estimate of drug-likeness (QED) is 0.421. The van der Waals surface area contributed by atoms with Crippen LogP contribution in [0, 0.1) is 0 Å². The predicted molar refractivity (Wildman–Crippen MR) is 131 cm³/mol. The van der Waals surface area contributed by atoms with Crippen LogP contribution in [0.3, 0.4) is 0 Å². The molecule has 0 unspecified atom stereocenters. The minimum Gasteiger partial charge on any atom is -0.399 e. The van der Waals surface area contributed by atoms with Gasteiger partial charge >= 0.3 is 0 Å². The summed E-state index contributed by atoms with van der Waals surface area (Å²) in [7, 11) is 0. The standard InChI is InChI=1S/C27H28N4O/c1-18(26-24-16-22(28)8-11-25(24)30-27(26)32)29-23-9-6-19(7-10-23)17-31-14-12-20-4-2-3-5-21(20)13-15-31/h2-11,16,29H,12-15,17,28H2,1H3,(H,30,32). The van der Waals surface area contributed by atoms with Gasteiger partial charge in [0.15, 0.2) is 0 Å². The molecule has 0 radical (unpaired) electrons. The Bertz CT molecular complexity index is 1170. The van der Waals surface area contributed by atoms with Crippen molar-refractivity contribution in [1.82, 2.24) is 4.90 Å². The van der Waals surface area contributed by atoms with Crippen molar-refractivity contribution in [1.29, 1.82) is 0 Å². The molecule has 2 aliphatic rings. The third kappa shape index (κ3) is 4.12. The summed E-state index contributed by atoms with van der Waals surface area (Å²) >= 11 is 0. The second-order valence-electron chi connectivity index (χ2n) is 8.63. The number of fused-ring (bicyclic) bond motifs is 2. The van der Waals surface area contributed by atoms with Gasteiger partial charge in [-0.15, -0.1) is 0 Å². The zero-order chi connectivity index (χ0) is 22.1. The average Bonchev–Trinajstić information content (AvgIpc) is 2.98. The fraction of sp³-hybridized carbons (Fsp3) is 0.222. The number of carbonyl (C=O) groups excluding carboxylic acids is 1. The van der Waals surface area contributed by atoms with E-state index in [1.165, 1.54) is 16.7 Å². The summed E-state index contributed by atoms with van der Waals surface area (Å²) in [5.74, 6) is -0.102. The molecule has 2 heterocycles. The van der Waals surface area contributed by atoms with Gasteiger partial charge in [-0.25, -0.2) is 0 Å². The van der Waals surface area contributed by atoms with E-state index in [9.17, 15) is 4.79 Å². The summed E-state index contributed by atoms with van der Waals surface area (Å²) < 4.78 is 0. The molecule has 162 valence electrons. The van der Waals surface area contributed by atoms with Gasteiger partial charge < -0.3 is 16.4 Å². The number of anilines is 3. The number of allylic oxidation sites excluding steroid dienone is 1. The van der Waals surface area contributed by atoms with E-state index in [0.717, 1.165) is 55.1 Å². The van der Waals surface area contributed by atoms with Gasteiger partial charge in [0, 0.05) is 48.0 Å². The van der Waals surface area contributed by atoms with Crippen molar-refractivity contribution >= 4 is 28.5 Å². The van der Waals surface area contributed by atoms with Crippen molar-refractivity contribution in [2.24, 2.45) is 0 Å². The highest BCUT2D eigenvalue weighted by Crippen LogP contribution is 2.35. The van der Waals surface area contributed by atoms with Gasteiger partial charge in [0.1, 0.15) is 0 Å². The Morgan fingerprint density at radius 1 is 1.00 bits per heavy atom. The van der Waals surface area contributed by atoms with Crippen LogP contribution in [0.15, 0.2) is 72.4 Å². The van der Waals surface area contributed by atoms with Gasteiger partial charge in [0.25, 0.3) is 5.91 Å². The predicted octanol–water partition coefficient (Wildman–Crippen LogP) is 4.66. The first-order chi connectivity index (χ1) is 15.6. The number of nitrogens with two attached hydrogens (primary N) is 1. The molecule has 5 rings (SSSR count). The lowest BCUT2D eigenvalue weighted by Gasteiger charge is -2.20. The molecule has 0 atom stereocenters. The number of nitrogens with zero attached hydrogens (tertiary/aromatic N) is 1. The Hall–Kier alpha value is -3.57. The molecule has 0 spiro atoms. The molecule has 5 nitrogen and oxygen atoms in total. The van der Waals surface area contributed by atoms with Crippen molar-refractivity contribution < 1.29 is 4.79 Å². The van der Waals surface area contributed by atoms with E-state index in [1.807, 2.05) is 19.1 Å². The molecule has 3 aromatic rings. The van der Waals surface area contributed by atoms with Crippen molar-refractivity contribution in [3.05, 3.63) is 94.7 Å². The van der Waals surface area contributed by atoms with E-state index in [1.54, 1.807) is 6.07 Å². The van der Waals surface area contributed by atoms with Crippen LogP contribution in [0.4, 0.5) is 17.1 Å². The first kappa shape index (κ1) is 20.3. The number of rotatable bonds is 4. The lowest BCUT2D eigenvalue weighted by Crippen LogP contribution is -2.25. The Kier molecular flexibility index (Phi) is 5.41. The highest BCUT2D eigenvalue weighted by molar-refractivity contribution is 6.32. The minimum absolute atomic E-state index is 0.102. The van der Waals surface area contributed by atoms with E-state index in [4.69, 9.17) is 5.73 Å². The lowest BCUT2D eigenvalue weighted by molar-refractivity contribution is -0.110. The third-order valence-electron chi connectivity index (χ3n) is 6.37. The molecule has 0 bridgehead atoms. The minimum atomic E-state index is -0.102. The molecule has 4 N–H and O–H groups in total. The Morgan fingerprint density at radius 2 is 1.69 bits per heavy atom. The molecule has 0 saturated heterocycles. The molecular weight excluding hydrogens is 396 g/mol. The van der Waals surface area contributed by atoms with E-state index in [-0.39, 0.29) is 5.91 Å². The summed E-state index contributed by atoms with van der Waals surface area (Å²) in [5, 5.41) is 6.30. The first-order valence-electron chi connectivity index (χ1n) is 11.1. The van der Waals surface area contributed by atoms with E-state index < -0.39 is 0 Å². The van der Waals surface area contributed by atoms with Crippen molar-refractivity contribution in [2.75, 3.05) is 29.5 Å². The number of nitrogen functional groups attached to an aromatic ring is 1. The maximum absolute atomic E-state index is 12.5. The molecule has 32 heavy (non-hydrogen) atoms. The van der Waals surface area contributed by atoms with Crippen molar-refractivity contribution in [2.45, 2.75) is 26.3 Å². The Morgan fingerprint density at radius 3 is 2.38 bits per heavy atom. The van der Waals surface area contributed by atoms with Crippen LogP contribution in [-0.4, -0.2) is 23.9 Å². The van der Waals surface area contributed by atoms with E-state index >= 15 is 0 Å². The molecular formula is C27H28N4O. The highest BCUT2D eigenvalue weighted by atomic mass is 16.2. The molecule has 2 aliphatic heterocycles. The summed E-state index contributed by atoms with van der Waals surface area (Å²) in [4.78, 5) is 15.0. The summed E-state index contributed by atoms with van der Waals surface area (Å²) in [5.41, 5.74) is 14.9.